The molecular weight excluding hydrogens is 290 g/mol. The summed E-state index contributed by atoms with van der Waals surface area (Å²) >= 11 is 1.14. The second kappa shape index (κ2) is 5.49. The first-order chi connectivity index (χ1) is 10.1. The Morgan fingerprint density at radius 2 is 2.05 bits per heavy atom. The maximum Gasteiger partial charge on any atom is 0.313 e. The lowest BCUT2D eigenvalue weighted by Crippen LogP contribution is -2.00. The molecular formula is C13H11N5O2S. The van der Waals surface area contributed by atoms with Gasteiger partial charge in [0, 0.05) is 25.0 Å². The molecule has 3 rings (SSSR count). The Balaban J connectivity index is 1.95. The van der Waals surface area contributed by atoms with Crippen LogP contribution < -0.4 is 0 Å². The number of hydrogen-bond acceptors (Lipinski definition) is 6. The Labute approximate surface area is 124 Å². The molecule has 0 aliphatic carbocycles. The van der Waals surface area contributed by atoms with Crippen LogP contribution in [-0.2, 0) is 11.8 Å². The number of carboxylic acids is 1. The molecule has 0 aliphatic heterocycles. The van der Waals surface area contributed by atoms with Gasteiger partial charge in [-0.25, -0.2) is 9.67 Å². The zero-order valence-electron chi connectivity index (χ0n) is 11.1. The highest BCUT2D eigenvalue weighted by Gasteiger charge is 2.12. The first kappa shape index (κ1) is 13.5. The van der Waals surface area contributed by atoms with Crippen molar-refractivity contribution in [1.82, 2.24) is 24.7 Å². The monoisotopic (exact) mass is 301 g/mol. The molecule has 2 heterocycles. The quantitative estimate of drug-likeness (QED) is 0.731. The Kier molecular flexibility index (Phi) is 3.53. The molecule has 0 atom stereocenters. The first-order valence-corrected chi connectivity index (χ1v) is 7.09. The Hall–Kier alpha value is -2.48. The average Bonchev–Trinajstić information content (AvgIpc) is 2.86. The molecule has 8 heteroatoms. The lowest BCUT2D eigenvalue weighted by molar-refractivity contribution is -0.133. The minimum atomic E-state index is -0.884. The lowest BCUT2D eigenvalue weighted by Gasteiger charge is -1.98. The third-order valence-corrected chi connectivity index (χ3v) is 3.78. The van der Waals surface area contributed by atoms with E-state index in [2.05, 4.69) is 20.1 Å². The van der Waals surface area contributed by atoms with E-state index in [4.69, 9.17) is 5.11 Å². The summed E-state index contributed by atoms with van der Waals surface area (Å²) in [6.07, 6.45) is 3.27. The van der Waals surface area contributed by atoms with Crippen molar-refractivity contribution in [2.75, 3.05) is 5.75 Å². The van der Waals surface area contributed by atoms with Gasteiger partial charge >= 0.3 is 5.97 Å². The van der Waals surface area contributed by atoms with Gasteiger partial charge in [0.1, 0.15) is 0 Å². The Morgan fingerprint density at radius 1 is 1.29 bits per heavy atom. The molecule has 0 fully saturated rings. The van der Waals surface area contributed by atoms with Crippen LogP contribution in [0.1, 0.15) is 0 Å². The van der Waals surface area contributed by atoms with Crippen LogP contribution in [0.4, 0.5) is 0 Å². The van der Waals surface area contributed by atoms with E-state index in [-0.39, 0.29) is 5.75 Å². The SMILES string of the molecule is Cn1nc(-c2ccc3nccnc3c2)nc1SCC(=O)O. The van der Waals surface area contributed by atoms with Crippen molar-refractivity contribution in [2.24, 2.45) is 7.05 Å². The van der Waals surface area contributed by atoms with Crippen molar-refractivity contribution in [3.05, 3.63) is 30.6 Å². The van der Waals surface area contributed by atoms with Crippen molar-refractivity contribution in [1.29, 1.82) is 0 Å². The topological polar surface area (TPSA) is 93.8 Å². The summed E-state index contributed by atoms with van der Waals surface area (Å²) in [5.41, 5.74) is 2.39. The van der Waals surface area contributed by atoms with E-state index in [9.17, 15) is 4.79 Å². The molecule has 0 aliphatic rings. The largest absolute Gasteiger partial charge is 0.481 e. The average molecular weight is 301 g/mol. The van der Waals surface area contributed by atoms with Gasteiger partial charge in [0.25, 0.3) is 0 Å². The molecule has 0 saturated carbocycles. The Morgan fingerprint density at radius 3 is 2.81 bits per heavy atom. The number of fused-ring (bicyclic) bond motifs is 1. The summed E-state index contributed by atoms with van der Waals surface area (Å²) in [5, 5.41) is 13.6. The number of nitrogens with zero attached hydrogens (tertiary/aromatic N) is 5. The lowest BCUT2D eigenvalue weighted by atomic mass is 10.2. The highest BCUT2D eigenvalue weighted by Crippen LogP contribution is 2.23. The van der Waals surface area contributed by atoms with Crippen LogP contribution in [0.5, 0.6) is 0 Å². The van der Waals surface area contributed by atoms with Crippen LogP contribution in [-0.4, -0.2) is 41.6 Å². The van der Waals surface area contributed by atoms with Gasteiger partial charge in [-0.2, -0.15) is 5.10 Å². The number of carboxylic acid groups (broad SMARTS) is 1. The summed E-state index contributed by atoms with van der Waals surface area (Å²) in [6, 6.07) is 5.60. The van der Waals surface area contributed by atoms with Crippen molar-refractivity contribution in [3.63, 3.8) is 0 Å². The normalized spacial score (nSPS) is 10.9. The van der Waals surface area contributed by atoms with Crippen molar-refractivity contribution in [2.45, 2.75) is 5.16 Å². The van der Waals surface area contributed by atoms with Gasteiger partial charge in [-0.15, -0.1) is 0 Å². The second-order valence-electron chi connectivity index (χ2n) is 4.28. The number of benzene rings is 1. The van der Waals surface area contributed by atoms with Gasteiger partial charge in [-0.1, -0.05) is 11.8 Å². The van der Waals surface area contributed by atoms with Crippen LogP contribution in [0, 0.1) is 0 Å². The van der Waals surface area contributed by atoms with Gasteiger partial charge in [0.15, 0.2) is 11.0 Å². The van der Waals surface area contributed by atoms with Gasteiger partial charge < -0.3 is 5.11 Å². The van der Waals surface area contributed by atoms with E-state index >= 15 is 0 Å². The van der Waals surface area contributed by atoms with Gasteiger partial charge in [-0.05, 0) is 18.2 Å². The predicted octanol–water partition coefficient (Wildman–Crippen LogP) is 1.60. The van der Waals surface area contributed by atoms with E-state index in [0.29, 0.717) is 11.0 Å². The standard InChI is InChI=1S/C13H11N5O2S/c1-18-13(21-7-11(19)20)16-12(17-18)8-2-3-9-10(6-8)15-5-4-14-9/h2-6H,7H2,1H3,(H,19,20). The second-order valence-corrected chi connectivity index (χ2v) is 5.23. The number of aromatic nitrogens is 5. The molecule has 0 radical (unpaired) electrons. The molecule has 0 bridgehead atoms. The highest BCUT2D eigenvalue weighted by atomic mass is 32.2. The smallest absolute Gasteiger partial charge is 0.313 e. The number of hydrogen-bond donors (Lipinski definition) is 1. The van der Waals surface area contributed by atoms with Crippen molar-refractivity contribution < 1.29 is 9.90 Å². The fraction of sp³-hybridized carbons (Fsp3) is 0.154. The van der Waals surface area contributed by atoms with E-state index in [1.807, 2.05) is 18.2 Å². The van der Waals surface area contributed by atoms with E-state index in [1.165, 1.54) is 0 Å². The number of aryl methyl sites for hydroxylation is 1. The summed E-state index contributed by atoms with van der Waals surface area (Å²) in [4.78, 5) is 23.4. The molecule has 7 nitrogen and oxygen atoms in total. The summed E-state index contributed by atoms with van der Waals surface area (Å²) < 4.78 is 1.57. The first-order valence-electron chi connectivity index (χ1n) is 6.10. The minimum absolute atomic E-state index is 0.0465. The third kappa shape index (κ3) is 2.84. The van der Waals surface area contributed by atoms with Gasteiger partial charge in [0.05, 0.1) is 16.8 Å². The maximum absolute atomic E-state index is 10.6. The number of aliphatic carboxylic acids is 1. The molecule has 21 heavy (non-hydrogen) atoms. The summed E-state index contributed by atoms with van der Waals surface area (Å²) in [5.74, 6) is -0.390. The predicted molar refractivity (Wildman–Crippen MR) is 77.9 cm³/mol. The number of rotatable bonds is 4. The fourth-order valence-electron chi connectivity index (χ4n) is 1.85. The van der Waals surface area contributed by atoms with Crippen molar-refractivity contribution in [3.8, 4) is 11.4 Å². The van der Waals surface area contributed by atoms with Gasteiger partial charge in [-0.3, -0.25) is 14.8 Å². The van der Waals surface area contributed by atoms with Crippen LogP contribution in [0.15, 0.2) is 35.7 Å². The summed E-state index contributed by atoms with van der Waals surface area (Å²) in [6.45, 7) is 0. The van der Waals surface area contributed by atoms with Crippen LogP contribution in [0.2, 0.25) is 0 Å². The number of carbonyl (C=O) groups is 1. The van der Waals surface area contributed by atoms with E-state index in [1.54, 1.807) is 24.1 Å². The molecule has 0 amide bonds. The Bertz CT molecular complexity index is 817. The van der Waals surface area contributed by atoms with Crippen LogP contribution >= 0.6 is 11.8 Å². The minimum Gasteiger partial charge on any atom is -0.481 e. The zero-order valence-corrected chi connectivity index (χ0v) is 11.9. The molecule has 0 spiro atoms. The van der Waals surface area contributed by atoms with Crippen LogP contribution in [0.3, 0.4) is 0 Å². The number of thioether (sulfide) groups is 1. The van der Waals surface area contributed by atoms with Crippen molar-refractivity contribution >= 4 is 28.8 Å². The molecule has 1 N–H and O–H groups in total. The zero-order chi connectivity index (χ0) is 14.8. The van der Waals surface area contributed by atoms with E-state index in [0.717, 1.165) is 28.4 Å². The third-order valence-electron chi connectivity index (χ3n) is 2.78. The van der Waals surface area contributed by atoms with E-state index < -0.39 is 5.97 Å². The van der Waals surface area contributed by atoms with Gasteiger partial charge in [0.2, 0.25) is 0 Å². The van der Waals surface area contributed by atoms with Crippen LogP contribution in [0.25, 0.3) is 22.4 Å². The molecule has 0 unspecified atom stereocenters. The molecule has 3 aromatic rings. The molecule has 0 saturated heterocycles. The maximum atomic E-state index is 10.6. The molecule has 2 aromatic heterocycles. The highest BCUT2D eigenvalue weighted by molar-refractivity contribution is 7.99. The molecule has 106 valence electrons. The summed E-state index contributed by atoms with van der Waals surface area (Å²) in [7, 11) is 1.74. The fourth-order valence-corrected chi connectivity index (χ4v) is 2.48. The molecule has 1 aromatic carbocycles.